The minimum absolute atomic E-state index is 0.156. The van der Waals surface area contributed by atoms with Crippen molar-refractivity contribution in [2.45, 2.75) is 31.1 Å². The highest BCUT2D eigenvalue weighted by molar-refractivity contribution is 9.09. The molecule has 0 unspecified atom stereocenters. The van der Waals surface area contributed by atoms with Crippen LogP contribution in [0.2, 0.25) is 0 Å². The minimum Gasteiger partial charge on any atom is -0.272 e. The highest BCUT2D eigenvalue weighted by Crippen LogP contribution is 2.49. The van der Waals surface area contributed by atoms with E-state index in [4.69, 9.17) is 0 Å². The van der Waals surface area contributed by atoms with Crippen molar-refractivity contribution in [2.75, 3.05) is 24.4 Å². The third-order valence-corrected chi connectivity index (χ3v) is 5.56. The second-order valence-corrected chi connectivity index (χ2v) is 7.55. The second-order valence-electron chi connectivity index (χ2n) is 6.75. The van der Waals surface area contributed by atoms with E-state index < -0.39 is 5.41 Å². The van der Waals surface area contributed by atoms with Crippen LogP contribution in [0.4, 0.5) is 5.69 Å². The summed E-state index contributed by atoms with van der Waals surface area (Å²) >= 11 is 3.51. The molecule has 0 radical (unpaired) electrons. The van der Waals surface area contributed by atoms with Crippen LogP contribution < -0.4 is 5.01 Å². The number of benzene rings is 2. The number of carbonyl (C=O) groups excluding carboxylic acids is 1. The number of alkyl halides is 1. The van der Waals surface area contributed by atoms with Gasteiger partial charge in [-0.25, -0.2) is 10.0 Å². The summed E-state index contributed by atoms with van der Waals surface area (Å²) in [6, 6.07) is 18.5. The van der Waals surface area contributed by atoms with Gasteiger partial charge in [-0.3, -0.25) is 4.79 Å². The van der Waals surface area contributed by atoms with Crippen molar-refractivity contribution >= 4 is 27.5 Å². The van der Waals surface area contributed by atoms with Gasteiger partial charge in [0.2, 0.25) is 0 Å². The zero-order valence-corrected chi connectivity index (χ0v) is 16.5. The number of nitrogens with zero attached hydrogens (tertiary/aromatic N) is 2. The number of halogens is 1. The topological polar surface area (TPSA) is 23.6 Å². The predicted octanol–water partition coefficient (Wildman–Crippen LogP) is 4.75. The zero-order valence-electron chi connectivity index (χ0n) is 14.9. The van der Waals surface area contributed by atoms with Crippen molar-refractivity contribution < 1.29 is 4.79 Å². The number of hydrogen-bond donors (Lipinski definition) is 0. The smallest absolute Gasteiger partial charge is 0.256 e. The molecule has 0 spiro atoms. The lowest BCUT2D eigenvalue weighted by atomic mass is 9.72. The minimum atomic E-state index is -0.589. The number of unbranched alkanes of at least 4 members (excludes halogenated alkanes) is 2. The Labute approximate surface area is 158 Å². The first-order valence-electron chi connectivity index (χ1n) is 8.85. The van der Waals surface area contributed by atoms with Crippen LogP contribution in [0.5, 0.6) is 0 Å². The van der Waals surface area contributed by atoms with Crippen molar-refractivity contribution in [3.8, 4) is 0 Å². The third kappa shape index (κ3) is 3.13. The van der Waals surface area contributed by atoms with Gasteiger partial charge in [0.05, 0.1) is 5.69 Å². The lowest BCUT2D eigenvalue weighted by molar-refractivity contribution is -0.124. The molecule has 1 aliphatic rings. The molecule has 25 heavy (non-hydrogen) atoms. The van der Waals surface area contributed by atoms with Gasteiger partial charge in [-0.05, 0) is 30.0 Å². The van der Waals surface area contributed by atoms with Gasteiger partial charge < -0.3 is 0 Å². The van der Waals surface area contributed by atoms with E-state index >= 15 is 0 Å². The fourth-order valence-corrected chi connectivity index (χ4v) is 4.27. The van der Waals surface area contributed by atoms with Crippen LogP contribution in [-0.4, -0.2) is 30.3 Å². The summed E-state index contributed by atoms with van der Waals surface area (Å²) in [5, 5.41) is 4.73. The van der Waals surface area contributed by atoms with Crippen LogP contribution in [0, 0.1) is 0 Å². The third-order valence-electron chi connectivity index (χ3n) is 5.00. The van der Waals surface area contributed by atoms with Gasteiger partial charge in [-0.1, -0.05) is 77.3 Å². The summed E-state index contributed by atoms with van der Waals surface area (Å²) in [6.45, 7) is 0. The maximum absolute atomic E-state index is 13.7. The van der Waals surface area contributed by atoms with Crippen LogP contribution >= 0.6 is 15.9 Å². The number of fused-ring (bicyclic) bond motifs is 1. The molecular weight excluding hydrogens is 376 g/mol. The van der Waals surface area contributed by atoms with Gasteiger partial charge in [0.15, 0.2) is 0 Å². The Kier molecular flexibility index (Phi) is 5.60. The lowest BCUT2D eigenvalue weighted by Gasteiger charge is -2.31. The summed E-state index contributed by atoms with van der Waals surface area (Å²) in [5.74, 6) is 0.156. The maximum atomic E-state index is 13.7. The molecule has 0 saturated carbocycles. The Morgan fingerprint density at radius 2 is 1.64 bits per heavy atom. The van der Waals surface area contributed by atoms with Crippen LogP contribution in [0.3, 0.4) is 0 Å². The molecule has 2 aromatic rings. The Morgan fingerprint density at radius 3 is 2.32 bits per heavy atom. The van der Waals surface area contributed by atoms with Gasteiger partial charge >= 0.3 is 0 Å². The zero-order chi connectivity index (χ0) is 17.9. The van der Waals surface area contributed by atoms with Crippen molar-refractivity contribution in [3.63, 3.8) is 0 Å². The van der Waals surface area contributed by atoms with E-state index in [9.17, 15) is 4.79 Å². The number of anilines is 1. The molecule has 0 bridgehead atoms. The maximum Gasteiger partial charge on any atom is 0.256 e. The first kappa shape index (κ1) is 18.2. The second kappa shape index (κ2) is 7.71. The molecular formula is C21H25BrN2O. The van der Waals surface area contributed by atoms with Crippen LogP contribution in [-0.2, 0) is 10.2 Å². The molecule has 4 heteroatoms. The molecule has 3 rings (SSSR count). The van der Waals surface area contributed by atoms with Crippen LogP contribution in [0.25, 0.3) is 0 Å². The van der Waals surface area contributed by atoms with Crippen molar-refractivity contribution in [1.82, 2.24) is 5.01 Å². The standard InChI is InChI=1S/C21H25BrN2O/c1-23(2)24-19-14-8-7-13-18(19)21(20(24)25,15-9-4-10-16-22)17-11-5-3-6-12-17/h3,5-8,11-14H,4,9-10,15-16H2,1-2H3/t21-/m1/s1. The van der Waals surface area contributed by atoms with E-state index in [1.54, 1.807) is 0 Å². The number of para-hydroxylation sites is 1. The Balaban J connectivity index is 2.12. The monoisotopic (exact) mass is 400 g/mol. The molecule has 1 amide bonds. The summed E-state index contributed by atoms with van der Waals surface area (Å²) < 4.78 is 0. The van der Waals surface area contributed by atoms with Crippen LogP contribution in [0.15, 0.2) is 54.6 Å². The number of carbonyl (C=O) groups is 1. The molecule has 3 nitrogen and oxygen atoms in total. The normalized spacial score (nSPS) is 19.5. The van der Waals surface area contributed by atoms with E-state index in [-0.39, 0.29) is 5.91 Å². The average molecular weight is 401 g/mol. The number of hydrazine groups is 1. The van der Waals surface area contributed by atoms with Crippen molar-refractivity contribution in [1.29, 1.82) is 0 Å². The first-order chi connectivity index (χ1) is 12.1. The van der Waals surface area contributed by atoms with Gasteiger partial charge in [0, 0.05) is 19.4 Å². The molecule has 0 fully saturated rings. The molecule has 2 aromatic carbocycles. The molecule has 132 valence electrons. The first-order valence-corrected chi connectivity index (χ1v) is 9.98. The molecule has 0 N–H and O–H groups in total. The van der Waals surface area contributed by atoms with Gasteiger partial charge in [0.1, 0.15) is 5.41 Å². The number of rotatable bonds is 7. The molecule has 0 aliphatic carbocycles. The quantitative estimate of drug-likeness (QED) is 0.494. The van der Waals surface area contributed by atoms with Crippen molar-refractivity contribution in [3.05, 3.63) is 65.7 Å². The molecule has 1 heterocycles. The average Bonchev–Trinajstić information content (AvgIpc) is 2.89. The fourth-order valence-electron chi connectivity index (χ4n) is 3.87. The van der Waals surface area contributed by atoms with E-state index in [1.165, 1.54) is 0 Å². The van der Waals surface area contributed by atoms with Gasteiger partial charge in [-0.2, -0.15) is 0 Å². The Hall–Kier alpha value is -1.65. The predicted molar refractivity (Wildman–Crippen MR) is 107 cm³/mol. The van der Waals surface area contributed by atoms with E-state index in [0.717, 1.165) is 47.8 Å². The number of hydrogen-bond acceptors (Lipinski definition) is 2. The lowest BCUT2D eigenvalue weighted by Crippen LogP contribution is -2.47. The molecule has 0 saturated heterocycles. The summed E-state index contributed by atoms with van der Waals surface area (Å²) in [7, 11) is 3.86. The summed E-state index contributed by atoms with van der Waals surface area (Å²) in [6.07, 6.45) is 4.13. The van der Waals surface area contributed by atoms with E-state index in [0.29, 0.717) is 0 Å². The molecule has 1 aliphatic heterocycles. The largest absolute Gasteiger partial charge is 0.272 e. The molecule has 1 atom stereocenters. The highest BCUT2D eigenvalue weighted by Gasteiger charge is 2.52. The highest BCUT2D eigenvalue weighted by atomic mass is 79.9. The van der Waals surface area contributed by atoms with Gasteiger partial charge in [-0.15, -0.1) is 0 Å². The molecule has 0 aromatic heterocycles. The summed E-state index contributed by atoms with van der Waals surface area (Å²) in [4.78, 5) is 13.7. The summed E-state index contributed by atoms with van der Waals surface area (Å²) in [5.41, 5.74) is 2.63. The van der Waals surface area contributed by atoms with Crippen LogP contribution in [0.1, 0.15) is 36.8 Å². The fraction of sp³-hybridized carbons (Fsp3) is 0.381. The van der Waals surface area contributed by atoms with E-state index in [2.05, 4.69) is 40.2 Å². The SMILES string of the molecule is CN(C)N1C(=O)[C@](CCCCCBr)(c2ccccc2)c2ccccc21. The van der Waals surface area contributed by atoms with Crippen molar-refractivity contribution in [2.24, 2.45) is 0 Å². The Morgan fingerprint density at radius 1 is 0.960 bits per heavy atom. The van der Waals surface area contributed by atoms with E-state index in [1.807, 2.05) is 54.4 Å². The van der Waals surface area contributed by atoms with Gasteiger partial charge in [0.25, 0.3) is 5.91 Å². The number of amides is 1. The Bertz CT molecular complexity index is 732.